The first-order chi connectivity index (χ1) is 9.15. The van der Waals surface area contributed by atoms with Gasteiger partial charge in [-0.2, -0.15) is 0 Å². The molecule has 0 aliphatic rings. The number of hydrogen-bond donors (Lipinski definition) is 1. The van der Waals surface area contributed by atoms with Crippen molar-refractivity contribution in [2.75, 3.05) is 5.32 Å². The first kappa shape index (κ1) is 13.5. The van der Waals surface area contributed by atoms with Gasteiger partial charge in [0.25, 0.3) is 0 Å². The summed E-state index contributed by atoms with van der Waals surface area (Å²) >= 11 is 3.39. The molecule has 0 bridgehead atoms. The van der Waals surface area contributed by atoms with Crippen LogP contribution in [0.15, 0.2) is 53.3 Å². The fourth-order valence-electron chi connectivity index (χ4n) is 1.59. The fourth-order valence-corrected chi connectivity index (χ4v) is 2.06. The first-order valence-corrected chi connectivity index (χ1v) is 6.60. The van der Waals surface area contributed by atoms with Gasteiger partial charge in [-0.05, 0) is 48.4 Å². The molecule has 0 fully saturated rings. The smallest absolute Gasteiger partial charge is 0.248 e. The van der Waals surface area contributed by atoms with Crippen molar-refractivity contribution in [1.29, 1.82) is 0 Å². The van der Waals surface area contributed by atoms with Gasteiger partial charge in [0.05, 0.1) is 0 Å². The molecule has 1 N–H and O–H groups in total. The molecule has 1 heterocycles. The normalized spacial score (nSPS) is 10.6. The molecule has 96 valence electrons. The third-order valence-electron chi connectivity index (χ3n) is 2.56. The zero-order valence-corrected chi connectivity index (χ0v) is 12.0. The molecule has 0 radical (unpaired) electrons. The summed E-state index contributed by atoms with van der Waals surface area (Å²) in [4.78, 5) is 15.8. The van der Waals surface area contributed by atoms with Gasteiger partial charge in [-0.3, -0.25) is 9.78 Å². The van der Waals surface area contributed by atoms with Crippen LogP contribution in [-0.2, 0) is 4.79 Å². The molecule has 0 aliphatic heterocycles. The second kappa shape index (κ2) is 6.29. The van der Waals surface area contributed by atoms with E-state index in [0.29, 0.717) is 0 Å². The molecule has 1 amide bonds. The lowest BCUT2D eigenvalue weighted by Gasteiger charge is -2.06. The van der Waals surface area contributed by atoms with E-state index in [1.54, 1.807) is 18.5 Å². The quantitative estimate of drug-likeness (QED) is 0.875. The molecule has 2 aromatic rings. The molecule has 0 aliphatic carbocycles. The van der Waals surface area contributed by atoms with Crippen LogP contribution in [-0.4, -0.2) is 10.9 Å². The number of aryl methyl sites for hydroxylation is 1. The van der Waals surface area contributed by atoms with Crippen LogP contribution in [0, 0.1) is 6.92 Å². The maximum Gasteiger partial charge on any atom is 0.248 e. The Kier molecular flexibility index (Phi) is 4.47. The predicted octanol–water partition coefficient (Wildman–Crippen LogP) is 3.80. The summed E-state index contributed by atoms with van der Waals surface area (Å²) in [5.74, 6) is -0.158. The monoisotopic (exact) mass is 316 g/mol. The molecule has 3 nitrogen and oxygen atoms in total. The molecule has 4 heteroatoms. The second-order valence-electron chi connectivity index (χ2n) is 4.07. The Morgan fingerprint density at radius 2 is 2.21 bits per heavy atom. The van der Waals surface area contributed by atoms with Gasteiger partial charge in [-0.15, -0.1) is 0 Å². The highest BCUT2D eigenvalue weighted by atomic mass is 79.9. The zero-order valence-electron chi connectivity index (χ0n) is 10.4. The van der Waals surface area contributed by atoms with Crippen molar-refractivity contribution in [1.82, 2.24) is 4.98 Å². The highest BCUT2D eigenvalue weighted by Gasteiger charge is 2.01. The minimum absolute atomic E-state index is 0.158. The van der Waals surface area contributed by atoms with E-state index in [1.807, 2.05) is 37.3 Å². The molecule has 19 heavy (non-hydrogen) atoms. The average molecular weight is 317 g/mol. The number of carbonyl (C=O) groups is 1. The number of pyridine rings is 1. The summed E-state index contributed by atoms with van der Waals surface area (Å²) < 4.78 is 0.994. The van der Waals surface area contributed by atoms with Crippen molar-refractivity contribution < 1.29 is 4.79 Å². The largest absolute Gasteiger partial charge is 0.322 e. The van der Waals surface area contributed by atoms with Gasteiger partial charge in [0.2, 0.25) is 5.91 Å². The van der Waals surface area contributed by atoms with Crippen LogP contribution in [0.3, 0.4) is 0 Å². The summed E-state index contributed by atoms with van der Waals surface area (Å²) in [5.41, 5.74) is 2.71. The Balaban J connectivity index is 2.04. The lowest BCUT2D eigenvalue weighted by atomic mass is 10.2. The Morgan fingerprint density at radius 3 is 2.89 bits per heavy atom. The van der Waals surface area contributed by atoms with Crippen LogP contribution in [0.4, 0.5) is 5.69 Å². The number of halogens is 1. The summed E-state index contributed by atoms with van der Waals surface area (Å²) in [5, 5.41) is 2.84. The Hall–Kier alpha value is -1.94. The third kappa shape index (κ3) is 4.03. The first-order valence-electron chi connectivity index (χ1n) is 5.80. The van der Waals surface area contributed by atoms with E-state index >= 15 is 0 Å². The van der Waals surface area contributed by atoms with Crippen molar-refractivity contribution >= 4 is 33.6 Å². The van der Waals surface area contributed by atoms with E-state index in [4.69, 9.17) is 0 Å². The highest BCUT2D eigenvalue weighted by molar-refractivity contribution is 9.10. The predicted molar refractivity (Wildman–Crippen MR) is 80.8 cm³/mol. The Bertz CT molecular complexity index is 609. The molecular weight excluding hydrogens is 304 g/mol. The molecule has 0 saturated heterocycles. The maximum absolute atomic E-state index is 11.8. The zero-order chi connectivity index (χ0) is 13.7. The number of amides is 1. The van der Waals surface area contributed by atoms with E-state index in [0.717, 1.165) is 21.3 Å². The summed E-state index contributed by atoms with van der Waals surface area (Å²) in [6.07, 6.45) is 6.63. The third-order valence-corrected chi connectivity index (χ3v) is 3.05. The number of hydrogen-bond acceptors (Lipinski definition) is 2. The number of anilines is 1. The number of nitrogens with one attached hydrogen (secondary N) is 1. The van der Waals surface area contributed by atoms with Crippen LogP contribution in [0.1, 0.15) is 11.1 Å². The molecule has 1 aromatic heterocycles. The molecule has 2 rings (SSSR count). The highest BCUT2D eigenvalue weighted by Crippen LogP contribution is 2.19. The van der Waals surface area contributed by atoms with Gasteiger partial charge in [0.1, 0.15) is 0 Å². The molecule has 0 saturated carbocycles. The van der Waals surface area contributed by atoms with Crippen molar-refractivity contribution in [2.45, 2.75) is 6.92 Å². The van der Waals surface area contributed by atoms with E-state index in [9.17, 15) is 4.79 Å². The molecular formula is C15H13BrN2O. The molecule has 0 spiro atoms. The fraction of sp³-hybridized carbons (Fsp3) is 0.0667. The van der Waals surface area contributed by atoms with Crippen molar-refractivity contribution in [3.8, 4) is 0 Å². The SMILES string of the molecule is Cc1cc(Br)ccc1NC(=O)/C=C/c1cccnc1. The van der Waals surface area contributed by atoms with Gasteiger partial charge in [-0.25, -0.2) is 0 Å². The van der Waals surface area contributed by atoms with Crippen molar-refractivity contribution in [3.63, 3.8) is 0 Å². The standard InChI is InChI=1S/C15H13BrN2O/c1-11-9-13(16)5-6-14(11)18-15(19)7-4-12-3-2-8-17-10-12/h2-10H,1H3,(H,18,19)/b7-4+. The van der Waals surface area contributed by atoms with Gasteiger partial charge >= 0.3 is 0 Å². The van der Waals surface area contributed by atoms with Crippen LogP contribution >= 0.6 is 15.9 Å². The van der Waals surface area contributed by atoms with E-state index in [1.165, 1.54) is 6.08 Å². The summed E-state index contributed by atoms with van der Waals surface area (Å²) in [6.45, 7) is 1.95. The van der Waals surface area contributed by atoms with Crippen molar-refractivity contribution in [2.24, 2.45) is 0 Å². The minimum atomic E-state index is -0.158. The Morgan fingerprint density at radius 1 is 1.37 bits per heavy atom. The maximum atomic E-state index is 11.8. The van der Waals surface area contributed by atoms with E-state index < -0.39 is 0 Å². The number of carbonyl (C=O) groups excluding carboxylic acids is 1. The van der Waals surface area contributed by atoms with Gasteiger partial charge in [-0.1, -0.05) is 22.0 Å². The summed E-state index contributed by atoms with van der Waals surface area (Å²) in [6, 6.07) is 9.45. The van der Waals surface area contributed by atoms with Crippen LogP contribution in [0.5, 0.6) is 0 Å². The van der Waals surface area contributed by atoms with Gasteiger partial charge in [0, 0.05) is 28.6 Å². The Labute approximate surface area is 120 Å². The van der Waals surface area contributed by atoms with E-state index in [2.05, 4.69) is 26.2 Å². The molecule has 0 atom stereocenters. The number of benzene rings is 1. The average Bonchev–Trinajstić information content (AvgIpc) is 2.41. The van der Waals surface area contributed by atoms with Gasteiger partial charge < -0.3 is 5.32 Å². The molecule has 0 unspecified atom stereocenters. The summed E-state index contributed by atoms with van der Waals surface area (Å²) in [7, 11) is 0. The topological polar surface area (TPSA) is 42.0 Å². The van der Waals surface area contributed by atoms with Crippen LogP contribution < -0.4 is 5.32 Å². The van der Waals surface area contributed by atoms with Crippen LogP contribution in [0.25, 0.3) is 6.08 Å². The lowest BCUT2D eigenvalue weighted by Crippen LogP contribution is -2.08. The minimum Gasteiger partial charge on any atom is -0.322 e. The lowest BCUT2D eigenvalue weighted by molar-refractivity contribution is -0.111. The van der Waals surface area contributed by atoms with E-state index in [-0.39, 0.29) is 5.91 Å². The number of nitrogens with zero attached hydrogens (tertiary/aromatic N) is 1. The van der Waals surface area contributed by atoms with Gasteiger partial charge in [0.15, 0.2) is 0 Å². The van der Waals surface area contributed by atoms with Crippen LogP contribution in [0.2, 0.25) is 0 Å². The number of rotatable bonds is 3. The number of aromatic nitrogens is 1. The molecule has 1 aromatic carbocycles. The second-order valence-corrected chi connectivity index (χ2v) is 4.98. The van der Waals surface area contributed by atoms with Crippen molar-refractivity contribution in [3.05, 3.63) is 64.4 Å².